The van der Waals surface area contributed by atoms with Gasteiger partial charge in [-0.05, 0) is 73.4 Å². The van der Waals surface area contributed by atoms with Crippen LogP contribution < -0.4 is 4.90 Å². The number of nitrogens with zero attached hydrogens (tertiary/aromatic N) is 1. The van der Waals surface area contributed by atoms with Crippen LogP contribution in [0.25, 0.3) is 16.8 Å². The number of rotatable bonds is 6. The van der Waals surface area contributed by atoms with E-state index in [-0.39, 0.29) is 30.9 Å². The first-order valence-corrected chi connectivity index (χ1v) is 15.1. The Kier molecular flexibility index (Phi) is 8.03. The van der Waals surface area contributed by atoms with Gasteiger partial charge in [0.2, 0.25) is 11.8 Å². The second kappa shape index (κ2) is 11.6. The molecule has 2 saturated heterocycles. The lowest BCUT2D eigenvalue weighted by atomic mass is 9.70. The molecule has 2 amide bonds. The number of halogens is 6. The van der Waals surface area contributed by atoms with E-state index < -0.39 is 58.7 Å². The summed E-state index contributed by atoms with van der Waals surface area (Å²) in [4.78, 5) is 27.7. The second-order valence-corrected chi connectivity index (χ2v) is 12.2. The minimum Gasteiger partial charge on any atom is -0.507 e. The van der Waals surface area contributed by atoms with Crippen LogP contribution in [0.1, 0.15) is 56.2 Å². The summed E-state index contributed by atoms with van der Waals surface area (Å²) >= 11 is 0. The molecule has 0 bridgehead atoms. The van der Waals surface area contributed by atoms with Gasteiger partial charge in [-0.1, -0.05) is 54.5 Å². The molecule has 3 aliphatic rings. The first-order valence-electron chi connectivity index (χ1n) is 15.1. The molecule has 0 radical (unpaired) electrons. The molecule has 11 heteroatoms. The van der Waals surface area contributed by atoms with Crippen molar-refractivity contribution in [3.05, 3.63) is 88.0 Å². The zero-order valence-electron chi connectivity index (χ0n) is 25.0. The van der Waals surface area contributed by atoms with Gasteiger partial charge in [0.05, 0.1) is 41.4 Å². The third-order valence-electron chi connectivity index (χ3n) is 9.46. The molecule has 1 aliphatic carbocycles. The van der Waals surface area contributed by atoms with Crippen molar-refractivity contribution in [3.8, 4) is 5.75 Å². The average Bonchev–Trinajstić information content (AvgIpc) is 3.53. The van der Waals surface area contributed by atoms with E-state index in [0.29, 0.717) is 29.9 Å². The van der Waals surface area contributed by atoms with Crippen LogP contribution in [-0.4, -0.2) is 29.6 Å². The van der Waals surface area contributed by atoms with Gasteiger partial charge < -0.3 is 9.84 Å². The molecule has 6 rings (SSSR count). The van der Waals surface area contributed by atoms with Gasteiger partial charge in [-0.25, -0.2) is 4.90 Å². The van der Waals surface area contributed by atoms with Gasteiger partial charge in [-0.15, -0.1) is 0 Å². The Bertz CT molecular complexity index is 1760. The molecule has 46 heavy (non-hydrogen) atoms. The minimum absolute atomic E-state index is 0.0239. The molecule has 5 nitrogen and oxygen atoms in total. The maximum Gasteiger partial charge on any atom is 0.416 e. The number of benzene rings is 3. The normalized spacial score (nSPS) is 23.8. The van der Waals surface area contributed by atoms with Crippen LogP contribution in [0.3, 0.4) is 0 Å². The van der Waals surface area contributed by atoms with E-state index in [4.69, 9.17) is 4.74 Å². The number of anilines is 1. The van der Waals surface area contributed by atoms with Crippen molar-refractivity contribution in [1.29, 1.82) is 0 Å². The predicted molar refractivity (Wildman–Crippen MR) is 160 cm³/mol. The van der Waals surface area contributed by atoms with Gasteiger partial charge in [-0.2, -0.15) is 26.3 Å². The first-order chi connectivity index (χ1) is 21.7. The van der Waals surface area contributed by atoms with Crippen LogP contribution in [-0.2, 0) is 26.7 Å². The van der Waals surface area contributed by atoms with Crippen molar-refractivity contribution in [3.63, 3.8) is 0 Å². The zero-order valence-corrected chi connectivity index (χ0v) is 25.0. The molecule has 0 aromatic heterocycles. The Labute approximate surface area is 261 Å². The number of carbonyl (C=O) groups excluding carboxylic acids is 2. The van der Waals surface area contributed by atoms with E-state index >= 15 is 0 Å². The number of phenols is 1. The number of carbonyl (C=O) groups is 2. The Balaban J connectivity index is 1.25. The highest BCUT2D eigenvalue weighted by atomic mass is 19.4. The third kappa shape index (κ3) is 5.59. The molecule has 0 saturated carbocycles. The topological polar surface area (TPSA) is 66.8 Å². The molecule has 1 N–H and O–H groups in total. The summed E-state index contributed by atoms with van der Waals surface area (Å²) in [6.07, 6.45) is -6.32. The number of amides is 2. The SMILES string of the molecule is CC/C(=C\c1ccc(O)c2ccccc12)CC[C@H]1OC[C@H]2C1=C(C)C[C@H]1C(=O)N(c3cc(C(F)(F)F)cc(C(F)(F)F)c3)C(=O)[C@H]12. The summed E-state index contributed by atoms with van der Waals surface area (Å²) in [7, 11) is 0. The number of fused-ring (bicyclic) bond motifs is 4. The molecule has 2 heterocycles. The number of phenolic OH excluding ortho intramolecular Hbond substituents is 1. The lowest BCUT2D eigenvalue weighted by Gasteiger charge is -2.30. The fourth-order valence-electron chi connectivity index (χ4n) is 7.27. The fraction of sp³-hybridized carbons (Fsp3) is 0.371. The number of ether oxygens (including phenoxy) is 1. The number of allylic oxidation sites excluding steroid dienone is 2. The molecule has 2 aliphatic heterocycles. The van der Waals surface area contributed by atoms with Crippen molar-refractivity contribution >= 4 is 34.4 Å². The van der Waals surface area contributed by atoms with Crippen LogP contribution in [0.5, 0.6) is 5.75 Å². The molecule has 2 fully saturated rings. The van der Waals surface area contributed by atoms with Gasteiger partial charge in [0.15, 0.2) is 0 Å². The Morgan fingerprint density at radius 2 is 1.59 bits per heavy atom. The van der Waals surface area contributed by atoms with Crippen molar-refractivity contribution in [2.45, 2.75) is 58.0 Å². The minimum atomic E-state index is -5.12. The molecule has 242 valence electrons. The van der Waals surface area contributed by atoms with E-state index in [1.807, 2.05) is 44.2 Å². The van der Waals surface area contributed by atoms with Crippen LogP contribution >= 0.6 is 0 Å². The largest absolute Gasteiger partial charge is 0.507 e. The van der Waals surface area contributed by atoms with E-state index in [0.717, 1.165) is 39.5 Å². The van der Waals surface area contributed by atoms with E-state index in [1.165, 1.54) is 0 Å². The summed E-state index contributed by atoms with van der Waals surface area (Å²) < 4.78 is 87.5. The van der Waals surface area contributed by atoms with E-state index in [1.54, 1.807) is 6.07 Å². The number of hydrogen-bond acceptors (Lipinski definition) is 4. The number of aromatic hydroxyl groups is 1. The molecule has 3 aromatic carbocycles. The van der Waals surface area contributed by atoms with Crippen molar-refractivity contribution < 1.29 is 45.8 Å². The van der Waals surface area contributed by atoms with Gasteiger partial charge >= 0.3 is 12.4 Å². The smallest absolute Gasteiger partial charge is 0.416 e. The van der Waals surface area contributed by atoms with E-state index in [2.05, 4.69) is 6.08 Å². The van der Waals surface area contributed by atoms with Gasteiger partial charge in [-0.3, -0.25) is 9.59 Å². The van der Waals surface area contributed by atoms with Gasteiger partial charge in [0, 0.05) is 11.3 Å². The quantitative estimate of drug-likeness (QED) is 0.166. The summed E-state index contributed by atoms with van der Waals surface area (Å²) in [6.45, 7) is 4.00. The third-order valence-corrected chi connectivity index (χ3v) is 9.46. The Morgan fingerprint density at radius 1 is 0.935 bits per heavy atom. The first kappa shape index (κ1) is 31.8. The summed E-state index contributed by atoms with van der Waals surface area (Å²) in [5.74, 6) is -3.77. The fourth-order valence-corrected chi connectivity index (χ4v) is 7.27. The molecule has 0 spiro atoms. The van der Waals surface area contributed by atoms with Crippen molar-refractivity contribution in [2.24, 2.45) is 17.8 Å². The van der Waals surface area contributed by atoms with Gasteiger partial charge in [0.25, 0.3) is 0 Å². The predicted octanol–water partition coefficient (Wildman–Crippen LogP) is 8.70. The molecular weight excluding hydrogens is 612 g/mol. The van der Waals surface area contributed by atoms with Crippen LogP contribution in [0.2, 0.25) is 0 Å². The number of hydrogen-bond donors (Lipinski definition) is 1. The van der Waals surface area contributed by atoms with Crippen molar-refractivity contribution in [2.75, 3.05) is 11.5 Å². The zero-order chi connectivity index (χ0) is 33.1. The highest BCUT2D eigenvalue weighted by molar-refractivity contribution is 6.22. The summed E-state index contributed by atoms with van der Waals surface area (Å²) in [5.41, 5.74) is -0.0824. The molecule has 0 unspecified atom stereocenters. The summed E-state index contributed by atoms with van der Waals surface area (Å²) in [6, 6.07) is 11.9. The maximum absolute atomic E-state index is 13.7. The highest BCUT2D eigenvalue weighted by Crippen LogP contribution is 2.51. The van der Waals surface area contributed by atoms with E-state index in [9.17, 15) is 41.0 Å². The average molecular weight is 644 g/mol. The molecule has 3 aromatic rings. The number of imide groups is 1. The number of alkyl halides is 6. The van der Waals surface area contributed by atoms with Crippen LogP contribution in [0.4, 0.5) is 32.0 Å². The van der Waals surface area contributed by atoms with Crippen molar-refractivity contribution in [1.82, 2.24) is 0 Å². The standard InChI is InChI=1S/C35H31F6NO4/c1-3-19(13-20-9-10-28(43)25-7-5-4-6-24(20)25)8-11-29-30-18(2)12-26-31(27(30)17-46-29)33(45)42(32(26)44)23-15-21(34(36,37)38)14-22(16-23)35(39,40)41/h4-7,9-10,13-16,26-27,29,31,43H,3,8,11-12,17H2,1-2H3/b19-13+/t26-,27+,29-,31-/m1/s1. The lowest BCUT2D eigenvalue weighted by Crippen LogP contribution is -2.34. The Morgan fingerprint density at radius 3 is 2.22 bits per heavy atom. The second-order valence-electron chi connectivity index (χ2n) is 12.2. The lowest BCUT2D eigenvalue weighted by molar-refractivity contribution is -0.143. The monoisotopic (exact) mass is 643 g/mol. The van der Waals surface area contributed by atoms with Gasteiger partial charge in [0.1, 0.15) is 5.75 Å². The molecular formula is C35H31F6NO4. The Hall–Kier alpha value is -4.12. The summed E-state index contributed by atoms with van der Waals surface area (Å²) in [5, 5.41) is 11.9. The van der Waals surface area contributed by atoms with Crippen LogP contribution in [0, 0.1) is 17.8 Å². The molecule has 4 atom stereocenters. The van der Waals surface area contributed by atoms with Crippen LogP contribution in [0.15, 0.2) is 71.3 Å². The maximum atomic E-state index is 13.7. The highest BCUT2D eigenvalue weighted by Gasteiger charge is 2.57.